The Labute approximate surface area is 96.1 Å². The van der Waals surface area contributed by atoms with Crippen molar-refractivity contribution in [3.63, 3.8) is 0 Å². The van der Waals surface area contributed by atoms with Gasteiger partial charge in [-0.1, -0.05) is 15.9 Å². The fraction of sp³-hybridized carbons (Fsp3) is 1.00. The molecule has 0 bridgehead atoms. The predicted molar refractivity (Wildman–Crippen MR) is 64.0 cm³/mol. The van der Waals surface area contributed by atoms with E-state index >= 15 is 0 Å². The summed E-state index contributed by atoms with van der Waals surface area (Å²) < 4.78 is 5.43. The van der Waals surface area contributed by atoms with Crippen LogP contribution in [0, 0.1) is 5.41 Å². The van der Waals surface area contributed by atoms with Crippen LogP contribution in [0.2, 0.25) is 0 Å². The van der Waals surface area contributed by atoms with Crippen LogP contribution < -0.4 is 0 Å². The van der Waals surface area contributed by atoms with E-state index in [0.29, 0.717) is 11.5 Å². The van der Waals surface area contributed by atoms with Crippen molar-refractivity contribution in [2.24, 2.45) is 5.41 Å². The van der Waals surface area contributed by atoms with Crippen LogP contribution in [0.25, 0.3) is 0 Å². The maximum Gasteiger partial charge on any atom is 0.0472 e. The summed E-state index contributed by atoms with van der Waals surface area (Å²) in [6.45, 7) is 7.54. The Morgan fingerprint density at radius 2 is 1.93 bits per heavy atom. The molecule has 2 nitrogen and oxygen atoms in total. The summed E-state index contributed by atoms with van der Waals surface area (Å²) in [4.78, 5) is 2.44. The Morgan fingerprint density at radius 3 is 2.36 bits per heavy atom. The Hall–Kier alpha value is 0.400. The molecular weight excluding hydrogens is 242 g/mol. The smallest absolute Gasteiger partial charge is 0.0472 e. The van der Waals surface area contributed by atoms with Gasteiger partial charge in [-0.25, -0.2) is 0 Å². The first-order chi connectivity index (χ1) is 6.59. The number of hydrogen-bond acceptors (Lipinski definition) is 2. The van der Waals surface area contributed by atoms with E-state index in [0.717, 1.165) is 18.5 Å². The van der Waals surface area contributed by atoms with Crippen molar-refractivity contribution in [1.82, 2.24) is 4.90 Å². The summed E-state index contributed by atoms with van der Waals surface area (Å²) in [5.41, 5.74) is 0.442. The van der Waals surface area contributed by atoms with Crippen LogP contribution >= 0.6 is 15.9 Å². The summed E-state index contributed by atoms with van der Waals surface area (Å²) >= 11 is 3.66. The highest BCUT2D eigenvalue weighted by Gasteiger charge is 2.32. The van der Waals surface area contributed by atoms with Crippen LogP contribution in [0.3, 0.4) is 0 Å². The molecule has 0 atom stereocenters. The van der Waals surface area contributed by atoms with Gasteiger partial charge in [-0.2, -0.15) is 0 Å². The van der Waals surface area contributed by atoms with Gasteiger partial charge in [0.2, 0.25) is 0 Å². The van der Waals surface area contributed by atoms with Crippen LogP contribution in [0.15, 0.2) is 0 Å². The monoisotopic (exact) mass is 263 g/mol. The fourth-order valence-corrected chi connectivity index (χ4v) is 2.59. The number of hydrogen-bond donors (Lipinski definition) is 0. The molecule has 1 rings (SSSR count). The zero-order valence-corrected chi connectivity index (χ0v) is 11.1. The van der Waals surface area contributed by atoms with Gasteiger partial charge in [-0.05, 0) is 39.2 Å². The number of ether oxygens (including phenoxy) is 1. The second-order valence-corrected chi connectivity index (χ2v) is 5.32. The first kappa shape index (κ1) is 12.5. The van der Waals surface area contributed by atoms with Crippen LogP contribution in [-0.2, 0) is 4.74 Å². The molecule has 0 aromatic heterocycles. The summed E-state index contributed by atoms with van der Waals surface area (Å²) in [5.74, 6) is 0. The molecule has 1 heterocycles. The van der Waals surface area contributed by atoms with E-state index in [1.807, 2.05) is 0 Å². The fourth-order valence-electron chi connectivity index (χ4n) is 1.85. The molecule has 1 saturated heterocycles. The van der Waals surface area contributed by atoms with Crippen LogP contribution in [0.4, 0.5) is 0 Å². The molecule has 1 aliphatic rings. The minimum atomic E-state index is 0.442. The first-order valence-electron chi connectivity index (χ1n) is 5.44. The highest BCUT2D eigenvalue weighted by atomic mass is 79.9. The third kappa shape index (κ3) is 3.21. The van der Waals surface area contributed by atoms with Crippen molar-refractivity contribution in [2.45, 2.75) is 32.7 Å². The van der Waals surface area contributed by atoms with Gasteiger partial charge in [-0.3, -0.25) is 0 Å². The molecule has 0 amide bonds. The first-order valence-corrected chi connectivity index (χ1v) is 6.56. The Bertz CT molecular complexity index is 167. The largest absolute Gasteiger partial charge is 0.381 e. The average molecular weight is 264 g/mol. The zero-order valence-electron chi connectivity index (χ0n) is 9.55. The second kappa shape index (κ2) is 5.47. The van der Waals surface area contributed by atoms with Gasteiger partial charge >= 0.3 is 0 Å². The lowest BCUT2D eigenvalue weighted by Gasteiger charge is -2.40. The van der Waals surface area contributed by atoms with Crippen LogP contribution in [0.1, 0.15) is 26.7 Å². The molecule has 1 fully saturated rings. The molecule has 0 aromatic rings. The highest BCUT2D eigenvalue weighted by Crippen LogP contribution is 2.33. The number of nitrogens with zero attached hydrogens (tertiary/aromatic N) is 1. The molecule has 0 unspecified atom stereocenters. The number of alkyl halides is 1. The van der Waals surface area contributed by atoms with Crippen molar-refractivity contribution in [1.29, 1.82) is 0 Å². The van der Waals surface area contributed by atoms with E-state index in [2.05, 4.69) is 41.7 Å². The standard InChI is InChI=1S/C11H22BrNO/c1-10(2)13(3)9-11(8-12)4-6-14-7-5-11/h10H,4-9H2,1-3H3. The van der Waals surface area contributed by atoms with E-state index in [4.69, 9.17) is 4.74 Å². The maximum absolute atomic E-state index is 5.43. The van der Waals surface area contributed by atoms with E-state index in [1.54, 1.807) is 0 Å². The molecular formula is C11H22BrNO. The van der Waals surface area contributed by atoms with Gasteiger partial charge in [-0.15, -0.1) is 0 Å². The lowest BCUT2D eigenvalue weighted by molar-refractivity contribution is 0.00796. The topological polar surface area (TPSA) is 12.5 Å². The minimum Gasteiger partial charge on any atom is -0.381 e. The SMILES string of the molecule is CC(C)N(C)CC1(CBr)CCOCC1. The molecule has 0 aliphatic carbocycles. The van der Waals surface area contributed by atoms with Crippen molar-refractivity contribution in [2.75, 3.05) is 32.1 Å². The molecule has 84 valence electrons. The molecule has 0 aromatic carbocycles. The minimum absolute atomic E-state index is 0.442. The van der Waals surface area contributed by atoms with Gasteiger partial charge in [0.25, 0.3) is 0 Å². The molecule has 1 aliphatic heterocycles. The molecule has 14 heavy (non-hydrogen) atoms. The Morgan fingerprint density at radius 1 is 1.36 bits per heavy atom. The summed E-state index contributed by atoms with van der Waals surface area (Å²) in [7, 11) is 2.21. The van der Waals surface area contributed by atoms with Crippen LogP contribution in [-0.4, -0.2) is 43.1 Å². The van der Waals surface area contributed by atoms with Gasteiger partial charge in [0.15, 0.2) is 0 Å². The maximum atomic E-state index is 5.43. The number of rotatable bonds is 4. The van der Waals surface area contributed by atoms with E-state index in [1.165, 1.54) is 19.4 Å². The summed E-state index contributed by atoms with van der Waals surface area (Å²) in [5, 5.41) is 1.10. The second-order valence-electron chi connectivity index (χ2n) is 4.75. The molecule has 0 spiro atoms. The third-order valence-corrected chi connectivity index (χ3v) is 4.49. The van der Waals surface area contributed by atoms with Gasteiger partial charge in [0.1, 0.15) is 0 Å². The quantitative estimate of drug-likeness (QED) is 0.723. The molecule has 3 heteroatoms. The van der Waals surface area contributed by atoms with Gasteiger partial charge < -0.3 is 9.64 Å². The van der Waals surface area contributed by atoms with Crippen molar-refractivity contribution in [3.8, 4) is 0 Å². The Balaban J connectivity index is 2.51. The van der Waals surface area contributed by atoms with Crippen LogP contribution in [0.5, 0.6) is 0 Å². The lowest BCUT2D eigenvalue weighted by atomic mass is 9.81. The zero-order chi connectivity index (χ0) is 10.6. The van der Waals surface area contributed by atoms with Crippen molar-refractivity contribution < 1.29 is 4.74 Å². The van der Waals surface area contributed by atoms with Gasteiger partial charge in [0, 0.05) is 31.1 Å². The highest BCUT2D eigenvalue weighted by molar-refractivity contribution is 9.09. The van der Waals surface area contributed by atoms with E-state index in [-0.39, 0.29) is 0 Å². The van der Waals surface area contributed by atoms with Crippen molar-refractivity contribution >= 4 is 15.9 Å². The lowest BCUT2D eigenvalue weighted by Crippen LogP contribution is -2.43. The summed E-state index contributed by atoms with van der Waals surface area (Å²) in [6, 6.07) is 0.633. The normalized spacial score (nSPS) is 21.9. The van der Waals surface area contributed by atoms with Crippen molar-refractivity contribution in [3.05, 3.63) is 0 Å². The predicted octanol–water partition coefficient (Wildman–Crippen LogP) is 2.52. The number of halogens is 1. The average Bonchev–Trinajstić information content (AvgIpc) is 2.19. The van der Waals surface area contributed by atoms with Gasteiger partial charge in [0.05, 0.1) is 0 Å². The van der Waals surface area contributed by atoms with E-state index in [9.17, 15) is 0 Å². The molecule has 0 saturated carbocycles. The third-order valence-electron chi connectivity index (χ3n) is 3.30. The molecule has 0 radical (unpaired) electrons. The van der Waals surface area contributed by atoms with E-state index < -0.39 is 0 Å². The molecule has 0 N–H and O–H groups in total. The summed E-state index contributed by atoms with van der Waals surface area (Å²) in [6.07, 6.45) is 2.38. The Kier molecular flexibility index (Phi) is 4.88.